The number of aromatic nitrogens is 2. The normalized spacial score (nSPS) is 13.3. The zero-order chi connectivity index (χ0) is 18.3. The van der Waals surface area contributed by atoms with E-state index in [0.29, 0.717) is 16.9 Å². The maximum absolute atomic E-state index is 13.9. The Morgan fingerprint density at radius 3 is 2.96 bits per heavy atom. The molecule has 0 bridgehead atoms. The Balaban J connectivity index is 1.78. The van der Waals surface area contributed by atoms with Crippen molar-refractivity contribution in [2.24, 2.45) is 0 Å². The number of fused-ring (bicyclic) bond motifs is 2. The molecule has 132 valence electrons. The molecule has 9 heteroatoms. The van der Waals surface area contributed by atoms with Gasteiger partial charge in [-0.3, -0.25) is 19.5 Å². The molecular weight excluding hydrogens is 345 g/mol. The van der Waals surface area contributed by atoms with Crippen molar-refractivity contribution >= 4 is 16.6 Å². The predicted octanol–water partition coefficient (Wildman–Crippen LogP) is 2.36. The Labute approximate surface area is 145 Å². The fraction of sp³-hybridized carbons (Fsp3) is 0.176. The van der Waals surface area contributed by atoms with Crippen LogP contribution >= 0.6 is 0 Å². The standard InChI is InChI=1S/C17H12FN3O5/c18-12-3-10(16-11(4-12)7-25-9-26-16)6-20-8-19-15-5-13(21(23)24)1-2-14(15)17(20)22/h1-5,8H,6-7,9H2. The second-order valence-corrected chi connectivity index (χ2v) is 5.80. The van der Waals surface area contributed by atoms with E-state index >= 15 is 0 Å². The zero-order valence-electron chi connectivity index (χ0n) is 13.3. The van der Waals surface area contributed by atoms with Crippen LogP contribution in [0.1, 0.15) is 11.1 Å². The fourth-order valence-corrected chi connectivity index (χ4v) is 2.93. The number of nitrogens with zero attached hydrogens (tertiary/aromatic N) is 3. The van der Waals surface area contributed by atoms with Crippen molar-refractivity contribution in [3.05, 3.63) is 74.1 Å². The summed E-state index contributed by atoms with van der Waals surface area (Å²) in [5, 5.41) is 11.1. The summed E-state index contributed by atoms with van der Waals surface area (Å²) in [6.07, 6.45) is 1.28. The van der Waals surface area contributed by atoms with Crippen molar-refractivity contribution in [1.29, 1.82) is 0 Å². The molecular formula is C17H12FN3O5. The molecule has 0 fully saturated rings. The van der Waals surface area contributed by atoms with Crippen molar-refractivity contribution in [1.82, 2.24) is 9.55 Å². The molecule has 1 aromatic heterocycles. The monoisotopic (exact) mass is 357 g/mol. The number of hydrogen-bond donors (Lipinski definition) is 0. The second-order valence-electron chi connectivity index (χ2n) is 5.80. The van der Waals surface area contributed by atoms with E-state index in [2.05, 4.69) is 4.98 Å². The summed E-state index contributed by atoms with van der Waals surface area (Å²) in [6, 6.07) is 6.49. The van der Waals surface area contributed by atoms with E-state index in [-0.39, 0.29) is 42.1 Å². The van der Waals surface area contributed by atoms with Gasteiger partial charge in [0.05, 0.1) is 35.3 Å². The maximum atomic E-state index is 13.9. The molecule has 0 unspecified atom stereocenters. The van der Waals surface area contributed by atoms with Gasteiger partial charge >= 0.3 is 0 Å². The van der Waals surface area contributed by atoms with E-state index in [4.69, 9.17) is 9.47 Å². The minimum absolute atomic E-state index is 0.0544. The molecule has 3 aromatic rings. The van der Waals surface area contributed by atoms with Gasteiger partial charge < -0.3 is 9.47 Å². The molecule has 0 amide bonds. The lowest BCUT2D eigenvalue weighted by Crippen LogP contribution is -2.22. The molecule has 1 aliphatic heterocycles. The van der Waals surface area contributed by atoms with E-state index < -0.39 is 10.7 Å². The average Bonchev–Trinajstić information content (AvgIpc) is 2.63. The van der Waals surface area contributed by atoms with Crippen molar-refractivity contribution in [3.63, 3.8) is 0 Å². The van der Waals surface area contributed by atoms with Crippen LogP contribution in [-0.4, -0.2) is 21.3 Å². The van der Waals surface area contributed by atoms with Gasteiger partial charge in [0.1, 0.15) is 11.6 Å². The van der Waals surface area contributed by atoms with Gasteiger partial charge in [-0.2, -0.15) is 0 Å². The molecule has 2 aromatic carbocycles. The fourth-order valence-electron chi connectivity index (χ4n) is 2.93. The second kappa shape index (κ2) is 6.19. The van der Waals surface area contributed by atoms with Crippen LogP contribution < -0.4 is 10.3 Å². The van der Waals surface area contributed by atoms with Crippen molar-refractivity contribution in [2.75, 3.05) is 6.79 Å². The molecule has 0 spiro atoms. The molecule has 0 radical (unpaired) electrons. The van der Waals surface area contributed by atoms with Gasteiger partial charge in [-0.05, 0) is 18.2 Å². The van der Waals surface area contributed by atoms with E-state index in [0.717, 1.165) is 0 Å². The molecule has 0 aliphatic carbocycles. The van der Waals surface area contributed by atoms with Gasteiger partial charge in [-0.25, -0.2) is 9.37 Å². The first-order valence-electron chi connectivity index (χ1n) is 7.68. The number of non-ortho nitro benzene ring substituents is 1. The summed E-state index contributed by atoms with van der Waals surface area (Å²) < 4.78 is 25.8. The number of halogens is 1. The Morgan fingerprint density at radius 2 is 2.15 bits per heavy atom. The highest BCUT2D eigenvalue weighted by Gasteiger charge is 2.18. The summed E-state index contributed by atoms with van der Waals surface area (Å²) in [5.41, 5.74) is 0.772. The van der Waals surface area contributed by atoms with E-state index in [9.17, 15) is 19.3 Å². The van der Waals surface area contributed by atoms with Crippen LogP contribution in [0.25, 0.3) is 10.9 Å². The summed E-state index contributed by atoms with van der Waals surface area (Å²) in [4.78, 5) is 27.1. The van der Waals surface area contributed by atoms with Gasteiger partial charge in [-0.15, -0.1) is 0 Å². The lowest BCUT2D eigenvalue weighted by Gasteiger charge is -2.21. The molecule has 26 heavy (non-hydrogen) atoms. The van der Waals surface area contributed by atoms with Crippen LogP contribution in [0.2, 0.25) is 0 Å². The van der Waals surface area contributed by atoms with Crippen LogP contribution in [-0.2, 0) is 17.9 Å². The molecule has 0 saturated heterocycles. The third-order valence-electron chi connectivity index (χ3n) is 4.11. The highest BCUT2D eigenvalue weighted by Crippen LogP contribution is 2.30. The highest BCUT2D eigenvalue weighted by molar-refractivity contribution is 5.79. The lowest BCUT2D eigenvalue weighted by molar-refractivity contribution is -0.384. The quantitative estimate of drug-likeness (QED) is 0.527. The van der Waals surface area contributed by atoms with Crippen molar-refractivity contribution < 1.29 is 18.8 Å². The number of hydrogen-bond acceptors (Lipinski definition) is 6. The molecule has 1 aliphatic rings. The molecule has 0 N–H and O–H groups in total. The summed E-state index contributed by atoms with van der Waals surface area (Å²) in [5.74, 6) is 0.0404. The first-order valence-corrected chi connectivity index (χ1v) is 7.68. The van der Waals surface area contributed by atoms with E-state index in [1.54, 1.807) is 0 Å². The largest absolute Gasteiger partial charge is 0.467 e. The Kier molecular flexibility index (Phi) is 3.85. The summed E-state index contributed by atoms with van der Waals surface area (Å²) in [6.45, 7) is 0.341. The minimum Gasteiger partial charge on any atom is -0.467 e. The Morgan fingerprint density at radius 1 is 1.31 bits per heavy atom. The van der Waals surface area contributed by atoms with Crippen molar-refractivity contribution in [2.45, 2.75) is 13.2 Å². The van der Waals surface area contributed by atoms with Gasteiger partial charge in [0.25, 0.3) is 11.2 Å². The molecule has 2 heterocycles. The third kappa shape index (κ3) is 2.78. The SMILES string of the molecule is O=c1c2ccc([N+](=O)[O-])cc2ncn1Cc1cc(F)cc2c1OCOC2. The first-order chi connectivity index (χ1) is 12.5. The number of nitro benzene ring substituents is 1. The number of benzene rings is 2. The lowest BCUT2D eigenvalue weighted by atomic mass is 10.1. The maximum Gasteiger partial charge on any atom is 0.271 e. The smallest absolute Gasteiger partial charge is 0.271 e. The van der Waals surface area contributed by atoms with E-state index in [1.165, 1.54) is 41.2 Å². The van der Waals surface area contributed by atoms with Gasteiger partial charge in [0.15, 0.2) is 6.79 Å². The van der Waals surface area contributed by atoms with Crippen LogP contribution in [0.4, 0.5) is 10.1 Å². The highest BCUT2D eigenvalue weighted by atomic mass is 19.1. The van der Waals surface area contributed by atoms with Crippen LogP contribution in [0.15, 0.2) is 41.5 Å². The molecule has 0 saturated carbocycles. The first kappa shape index (κ1) is 16.2. The number of nitro groups is 1. The van der Waals surface area contributed by atoms with Crippen molar-refractivity contribution in [3.8, 4) is 5.75 Å². The Bertz CT molecular complexity index is 1100. The minimum atomic E-state index is -0.551. The summed E-state index contributed by atoms with van der Waals surface area (Å²) in [7, 11) is 0. The van der Waals surface area contributed by atoms with Gasteiger partial charge in [0.2, 0.25) is 0 Å². The number of rotatable bonds is 3. The summed E-state index contributed by atoms with van der Waals surface area (Å²) >= 11 is 0. The molecule has 4 rings (SSSR count). The predicted molar refractivity (Wildman–Crippen MR) is 88.4 cm³/mol. The average molecular weight is 357 g/mol. The van der Waals surface area contributed by atoms with Gasteiger partial charge in [-0.1, -0.05) is 0 Å². The van der Waals surface area contributed by atoms with Crippen LogP contribution in [0.3, 0.4) is 0 Å². The van der Waals surface area contributed by atoms with Gasteiger partial charge in [0, 0.05) is 23.3 Å². The number of ether oxygens (including phenoxy) is 2. The topological polar surface area (TPSA) is 96.5 Å². The molecule has 8 nitrogen and oxygen atoms in total. The Hall–Kier alpha value is -3.33. The van der Waals surface area contributed by atoms with Crippen LogP contribution in [0, 0.1) is 15.9 Å². The molecule has 0 atom stereocenters. The van der Waals surface area contributed by atoms with Crippen LogP contribution in [0.5, 0.6) is 5.75 Å². The third-order valence-corrected chi connectivity index (χ3v) is 4.11. The van der Waals surface area contributed by atoms with E-state index in [1.807, 2.05) is 0 Å². The zero-order valence-corrected chi connectivity index (χ0v) is 13.3.